The van der Waals surface area contributed by atoms with Crippen molar-refractivity contribution < 1.29 is 4.79 Å². The number of carbonyl (C=O) groups is 1. The monoisotopic (exact) mass is 284 g/mol. The summed E-state index contributed by atoms with van der Waals surface area (Å²) in [6.45, 7) is 11.4. The number of anilines is 2. The molecule has 19 heavy (non-hydrogen) atoms. The second-order valence-corrected chi connectivity index (χ2v) is 5.25. The second kappa shape index (κ2) is 7.33. The van der Waals surface area contributed by atoms with Crippen molar-refractivity contribution in [2.75, 3.05) is 36.8 Å². The molecule has 0 radical (unpaired) electrons. The van der Waals surface area contributed by atoms with Crippen LogP contribution in [0.1, 0.15) is 43.8 Å². The summed E-state index contributed by atoms with van der Waals surface area (Å²) in [5.74, 6) is 0.351. The highest BCUT2D eigenvalue weighted by atomic mass is 32.1. The number of thiazole rings is 1. The van der Waals surface area contributed by atoms with Crippen LogP contribution in [0.25, 0.3) is 0 Å². The van der Waals surface area contributed by atoms with Gasteiger partial charge in [-0.15, -0.1) is 0 Å². The van der Waals surface area contributed by atoms with Gasteiger partial charge in [0.25, 0.3) is 5.91 Å². The van der Waals surface area contributed by atoms with Crippen LogP contribution in [0.5, 0.6) is 0 Å². The molecule has 1 aromatic heterocycles. The molecule has 1 rings (SSSR count). The zero-order chi connectivity index (χ0) is 14.4. The number of aromatic nitrogens is 1. The smallest absolute Gasteiger partial charge is 0.267 e. The number of hydrogen-bond donors (Lipinski definition) is 1. The largest absolute Gasteiger partial charge is 0.382 e. The molecule has 1 aromatic rings. The molecule has 1 heterocycles. The van der Waals surface area contributed by atoms with Gasteiger partial charge in [0.15, 0.2) is 5.13 Å². The molecule has 0 saturated heterocycles. The van der Waals surface area contributed by atoms with Gasteiger partial charge >= 0.3 is 0 Å². The van der Waals surface area contributed by atoms with Crippen molar-refractivity contribution in [3.05, 3.63) is 4.88 Å². The molecule has 2 N–H and O–H groups in total. The summed E-state index contributed by atoms with van der Waals surface area (Å²) >= 11 is 1.39. The van der Waals surface area contributed by atoms with Crippen LogP contribution < -0.4 is 10.6 Å². The highest BCUT2D eigenvalue weighted by molar-refractivity contribution is 7.18. The van der Waals surface area contributed by atoms with E-state index in [0.29, 0.717) is 17.2 Å². The minimum Gasteiger partial charge on any atom is -0.382 e. The topological polar surface area (TPSA) is 62.5 Å². The SMILES string of the molecule is CCCN(CC)C(=O)c1sc(N(CC)CC)nc1N. The van der Waals surface area contributed by atoms with E-state index in [2.05, 4.69) is 30.7 Å². The molecule has 0 fully saturated rings. The average molecular weight is 284 g/mol. The lowest BCUT2D eigenvalue weighted by Gasteiger charge is -2.19. The van der Waals surface area contributed by atoms with Crippen molar-refractivity contribution in [2.24, 2.45) is 0 Å². The van der Waals surface area contributed by atoms with Gasteiger partial charge < -0.3 is 15.5 Å². The highest BCUT2D eigenvalue weighted by Crippen LogP contribution is 2.29. The summed E-state index contributed by atoms with van der Waals surface area (Å²) in [5, 5.41) is 0.832. The predicted octanol–water partition coefficient (Wildman–Crippen LogP) is 2.44. The summed E-state index contributed by atoms with van der Waals surface area (Å²) in [4.78, 5) is 21.2. The lowest BCUT2D eigenvalue weighted by atomic mass is 10.3. The maximum absolute atomic E-state index is 12.4. The van der Waals surface area contributed by atoms with E-state index in [-0.39, 0.29) is 5.91 Å². The second-order valence-electron chi connectivity index (χ2n) is 4.27. The molecule has 0 aliphatic heterocycles. The molecule has 6 heteroatoms. The zero-order valence-electron chi connectivity index (χ0n) is 12.3. The van der Waals surface area contributed by atoms with Crippen molar-refractivity contribution in [3.8, 4) is 0 Å². The average Bonchev–Trinajstić information content (AvgIpc) is 2.78. The standard InChI is InChI=1S/C13H24N4OS/c1-5-9-17(8-4)12(18)10-11(14)15-13(19-10)16(6-2)7-3/h5-9,14H2,1-4H3. The van der Waals surface area contributed by atoms with Crippen LogP contribution in [-0.4, -0.2) is 42.0 Å². The van der Waals surface area contributed by atoms with Crippen molar-refractivity contribution in [3.63, 3.8) is 0 Å². The minimum absolute atomic E-state index is 0.00208. The molecule has 0 atom stereocenters. The Morgan fingerprint density at radius 2 is 1.84 bits per heavy atom. The van der Waals surface area contributed by atoms with Crippen LogP contribution in [-0.2, 0) is 0 Å². The van der Waals surface area contributed by atoms with Gasteiger partial charge in [0, 0.05) is 26.2 Å². The molecule has 5 nitrogen and oxygen atoms in total. The van der Waals surface area contributed by atoms with Crippen LogP contribution in [0.3, 0.4) is 0 Å². The normalized spacial score (nSPS) is 10.5. The van der Waals surface area contributed by atoms with Crippen LogP contribution in [0.2, 0.25) is 0 Å². The minimum atomic E-state index is -0.00208. The van der Waals surface area contributed by atoms with Gasteiger partial charge in [0.1, 0.15) is 10.7 Å². The number of carbonyl (C=O) groups excluding carboxylic acids is 1. The Balaban J connectivity index is 2.97. The highest BCUT2D eigenvalue weighted by Gasteiger charge is 2.22. The lowest BCUT2D eigenvalue weighted by Crippen LogP contribution is -2.31. The fraction of sp³-hybridized carbons (Fsp3) is 0.692. The molecular formula is C13H24N4OS. The molecular weight excluding hydrogens is 260 g/mol. The number of hydrogen-bond acceptors (Lipinski definition) is 5. The van der Waals surface area contributed by atoms with Crippen LogP contribution in [0, 0.1) is 0 Å². The number of nitrogens with two attached hydrogens (primary N) is 1. The van der Waals surface area contributed by atoms with E-state index >= 15 is 0 Å². The van der Waals surface area contributed by atoms with Gasteiger partial charge in [-0.25, -0.2) is 4.98 Å². The van der Waals surface area contributed by atoms with E-state index in [0.717, 1.165) is 31.2 Å². The van der Waals surface area contributed by atoms with Gasteiger partial charge in [0.2, 0.25) is 0 Å². The van der Waals surface area contributed by atoms with Gasteiger partial charge in [-0.3, -0.25) is 4.79 Å². The van der Waals surface area contributed by atoms with Gasteiger partial charge in [-0.1, -0.05) is 18.3 Å². The van der Waals surface area contributed by atoms with Crippen LogP contribution >= 0.6 is 11.3 Å². The molecule has 1 amide bonds. The lowest BCUT2D eigenvalue weighted by molar-refractivity contribution is 0.0770. The maximum Gasteiger partial charge on any atom is 0.267 e. The fourth-order valence-corrected chi connectivity index (χ4v) is 3.00. The Kier molecular flexibility index (Phi) is 6.08. The van der Waals surface area contributed by atoms with Gasteiger partial charge in [-0.2, -0.15) is 0 Å². The molecule has 0 aliphatic rings. The first-order valence-electron chi connectivity index (χ1n) is 6.89. The Bertz CT molecular complexity index is 415. The van der Waals surface area contributed by atoms with E-state index in [1.54, 1.807) is 0 Å². The zero-order valence-corrected chi connectivity index (χ0v) is 13.1. The summed E-state index contributed by atoms with van der Waals surface area (Å²) in [6.07, 6.45) is 0.946. The van der Waals surface area contributed by atoms with E-state index in [1.165, 1.54) is 11.3 Å². The Morgan fingerprint density at radius 3 is 2.32 bits per heavy atom. The first kappa shape index (κ1) is 15.8. The molecule has 0 saturated carbocycles. The predicted molar refractivity (Wildman–Crippen MR) is 82.0 cm³/mol. The van der Waals surface area contributed by atoms with E-state index in [9.17, 15) is 4.79 Å². The van der Waals surface area contributed by atoms with Crippen molar-refractivity contribution in [1.29, 1.82) is 0 Å². The molecule has 108 valence electrons. The summed E-state index contributed by atoms with van der Waals surface area (Å²) in [5.41, 5.74) is 5.90. The van der Waals surface area contributed by atoms with Crippen molar-refractivity contribution in [2.45, 2.75) is 34.1 Å². The Hall–Kier alpha value is -1.30. The number of amides is 1. The first-order valence-corrected chi connectivity index (χ1v) is 7.71. The number of nitrogens with zero attached hydrogens (tertiary/aromatic N) is 3. The number of nitrogen functional groups attached to an aromatic ring is 1. The Morgan fingerprint density at radius 1 is 1.21 bits per heavy atom. The molecule has 0 aliphatic carbocycles. The molecule has 0 aromatic carbocycles. The van der Waals surface area contributed by atoms with Gasteiger partial charge in [0.05, 0.1) is 0 Å². The number of rotatable bonds is 7. The Labute approximate surface area is 119 Å². The van der Waals surface area contributed by atoms with Crippen molar-refractivity contribution in [1.82, 2.24) is 9.88 Å². The third-order valence-electron chi connectivity index (χ3n) is 3.03. The molecule has 0 spiro atoms. The summed E-state index contributed by atoms with van der Waals surface area (Å²) < 4.78 is 0. The van der Waals surface area contributed by atoms with Crippen LogP contribution in [0.15, 0.2) is 0 Å². The van der Waals surface area contributed by atoms with Crippen molar-refractivity contribution >= 4 is 28.2 Å². The fourth-order valence-electron chi connectivity index (χ4n) is 1.92. The van der Waals surface area contributed by atoms with Gasteiger partial charge in [-0.05, 0) is 27.2 Å². The van der Waals surface area contributed by atoms with E-state index in [1.807, 2.05) is 11.8 Å². The summed E-state index contributed by atoms with van der Waals surface area (Å²) in [7, 11) is 0. The molecule has 0 unspecified atom stereocenters. The third kappa shape index (κ3) is 3.59. The first-order chi connectivity index (χ1) is 9.08. The third-order valence-corrected chi connectivity index (χ3v) is 4.15. The summed E-state index contributed by atoms with van der Waals surface area (Å²) in [6, 6.07) is 0. The van der Waals surface area contributed by atoms with E-state index < -0.39 is 0 Å². The quantitative estimate of drug-likeness (QED) is 0.835. The molecule has 0 bridgehead atoms. The van der Waals surface area contributed by atoms with Crippen LogP contribution in [0.4, 0.5) is 10.9 Å². The maximum atomic E-state index is 12.4. The van der Waals surface area contributed by atoms with E-state index in [4.69, 9.17) is 5.73 Å².